The van der Waals surface area contributed by atoms with E-state index in [1.807, 2.05) is 0 Å². The van der Waals surface area contributed by atoms with E-state index in [1.54, 1.807) is 103 Å². The normalized spacial score (nSPS) is 11.6. The Balaban J connectivity index is 0.000000169. The monoisotopic (exact) mass is 1220 g/mol. The smallest absolute Gasteiger partial charge is 0.335 e. The van der Waals surface area contributed by atoms with Gasteiger partial charge in [-0.15, -0.1) is 0 Å². The number of halogens is 7. The molecule has 0 bridgehead atoms. The quantitative estimate of drug-likeness (QED) is 0.0943. The van der Waals surface area contributed by atoms with Gasteiger partial charge in [0.1, 0.15) is 21.9 Å². The predicted molar refractivity (Wildman–Crippen MR) is 307 cm³/mol. The van der Waals surface area contributed by atoms with Gasteiger partial charge >= 0.3 is 12.0 Å². The summed E-state index contributed by atoms with van der Waals surface area (Å²) < 4.78 is 27.8. The minimum Gasteiger partial charge on any atom is -0.478 e. The summed E-state index contributed by atoms with van der Waals surface area (Å²) in [5, 5.41) is 13.5. The zero-order valence-electron chi connectivity index (χ0n) is 40.6. The molecule has 27 heteroatoms. The average molecular weight is 1220 g/mol. The van der Waals surface area contributed by atoms with Crippen molar-refractivity contribution in [3.63, 3.8) is 0 Å². The van der Waals surface area contributed by atoms with Gasteiger partial charge in [0, 0.05) is 80.5 Å². The Morgan fingerprint density at radius 1 is 0.537 bits per heavy atom. The molecule has 0 aliphatic carbocycles. The first-order valence-corrected chi connectivity index (χ1v) is 27.2. The van der Waals surface area contributed by atoms with Gasteiger partial charge < -0.3 is 25.4 Å². The summed E-state index contributed by atoms with van der Waals surface area (Å²) in [5.74, 6) is -0.861. The number of carbonyl (C=O) groups excluding carboxylic acids is 4. The number of aromatic carboxylic acids is 1. The first kappa shape index (κ1) is 59.7. The van der Waals surface area contributed by atoms with Gasteiger partial charge in [0.25, 0.3) is 10.5 Å². The minimum absolute atomic E-state index is 0.209. The van der Waals surface area contributed by atoms with Crippen LogP contribution < -0.4 is 15.5 Å². The number of anilines is 3. The second-order valence-corrected chi connectivity index (χ2v) is 20.1. The lowest BCUT2D eigenvalue weighted by Crippen LogP contribution is -2.36. The molecule has 80 heavy (non-hydrogen) atoms. The van der Waals surface area contributed by atoms with Gasteiger partial charge in [-0.05, 0) is 126 Å². The largest absolute Gasteiger partial charge is 0.478 e. The summed E-state index contributed by atoms with van der Waals surface area (Å²) in [7, 11) is 7.36. The van der Waals surface area contributed by atoms with Crippen LogP contribution in [0.25, 0.3) is 44.1 Å². The molecule has 0 spiro atoms. The van der Waals surface area contributed by atoms with E-state index in [9.17, 15) is 28.4 Å². The standard InChI is InChI=1S/C26H22FN5O3.2C9H4Cl2N2O.C9H6N2O2.Cl2OS/c27-19-4-2-6-21(15-19)30-26(34)29-20-5-1-3-17(13-20)25(33)18-7-8-22-23(14-18)31-24(16-28-22)32-9-11-35-12-10-32;10-8-4-12-7-3-5(9(11)14)1-2-6(7)13-8;10-8-4-12-6-2-1-5(9(11)14)3-7(6)13-8;12-9(13)6-1-2-7-8(5-6)11-4-3-10-7;1-4(2)3/h1-8,13-16H,9-12H2,(H2,29,30,34);2*1-4H;1-5H,(H,12,13);. The van der Waals surface area contributed by atoms with Crippen molar-refractivity contribution in [1.82, 2.24) is 39.9 Å². The average Bonchev–Trinajstić information content (AvgIpc) is 3.47. The molecule has 5 heterocycles. The Morgan fingerprint density at radius 2 is 0.988 bits per heavy atom. The lowest BCUT2D eigenvalue weighted by atomic mass is 10.0. The molecule has 406 valence electrons. The number of hydrogen-bond acceptors (Lipinski definition) is 16. The van der Waals surface area contributed by atoms with Gasteiger partial charge in [0.05, 0.1) is 81.5 Å². The van der Waals surface area contributed by atoms with Crippen LogP contribution in [0.2, 0.25) is 10.3 Å². The molecule has 3 N–H and O–H groups in total. The van der Waals surface area contributed by atoms with Crippen molar-refractivity contribution in [3.8, 4) is 0 Å². The number of hydrogen-bond donors (Lipinski definition) is 3. The van der Waals surface area contributed by atoms with Crippen molar-refractivity contribution in [2.45, 2.75) is 0 Å². The van der Waals surface area contributed by atoms with Gasteiger partial charge in [-0.25, -0.2) is 33.1 Å². The number of ether oxygens (including phenoxy) is 1. The van der Waals surface area contributed by atoms with E-state index in [0.717, 1.165) is 18.9 Å². The van der Waals surface area contributed by atoms with Crippen molar-refractivity contribution in [3.05, 3.63) is 196 Å². The number of amides is 2. The maximum absolute atomic E-state index is 13.3. The predicted octanol–water partition coefficient (Wildman–Crippen LogP) is 12.2. The molecule has 1 aliphatic rings. The molecule has 4 aromatic heterocycles. The Morgan fingerprint density at radius 3 is 1.60 bits per heavy atom. The highest BCUT2D eigenvalue weighted by Crippen LogP contribution is 2.23. The molecular weight excluding hydrogens is 1180 g/mol. The van der Waals surface area contributed by atoms with E-state index in [2.05, 4.69) is 71.8 Å². The van der Waals surface area contributed by atoms with Crippen molar-refractivity contribution < 1.29 is 42.4 Å². The fourth-order valence-electron chi connectivity index (χ4n) is 7.17. The molecule has 10 aromatic rings. The van der Waals surface area contributed by atoms with E-state index in [4.69, 9.17) is 65.4 Å². The number of carboxylic acids is 1. The number of carbonyl (C=O) groups is 5. The number of carboxylic acid groups (broad SMARTS) is 1. The van der Waals surface area contributed by atoms with Crippen LogP contribution in [-0.4, -0.2) is 104 Å². The Labute approximate surface area is 483 Å². The van der Waals surface area contributed by atoms with E-state index in [1.165, 1.54) is 48.9 Å². The van der Waals surface area contributed by atoms with Gasteiger partial charge in [-0.2, -0.15) is 0 Å². The number of rotatable bonds is 8. The molecule has 6 aromatic carbocycles. The third kappa shape index (κ3) is 17.5. The number of nitrogens with zero attached hydrogens (tertiary/aromatic N) is 9. The highest BCUT2D eigenvalue weighted by atomic mass is 36.0. The molecule has 1 saturated heterocycles. The highest BCUT2D eigenvalue weighted by molar-refractivity contribution is 8.26. The number of aromatic nitrogens is 8. The molecule has 1 fully saturated rings. The third-order valence-electron chi connectivity index (χ3n) is 10.8. The Kier molecular flexibility index (Phi) is 21.4. The number of ketones is 1. The molecule has 0 saturated carbocycles. The van der Waals surface area contributed by atoms with Gasteiger partial charge in [-0.1, -0.05) is 41.4 Å². The Hall–Kier alpha value is -7.99. The van der Waals surface area contributed by atoms with Crippen molar-refractivity contribution in [2.75, 3.05) is 41.8 Å². The van der Waals surface area contributed by atoms with Crippen LogP contribution in [-0.2, 0) is 14.0 Å². The van der Waals surface area contributed by atoms with Crippen LogP contribution in [0.1, 0.15) is 47.0 Å². The molecule has 11 rings (SSSR count). The number of fused-ring (bicyclic) bond motifs is 4. The second kappa shape index (κ2) is 28.8. The summed E-state index contributed by atoms with van der Waals surface area (Å²) in [5.41, 5.74) is 7.74. The van der Waals surface area contributed by atoms with Crippen LogP contribution in [0, 0.1) is 5.82 Å². The van der Waals surface area contributed by atoms with Gasteiger partial charge in [0.15, 0.2) is 5.78 Å². The van der Waals surface area contributed by atoms with Gasteiger partial charge in [-0.3, -0.25) is 39.3 Å². The van der Waals surface area contributed by atoms with Crippen molar-refractivity contribution in [2.24, 2.45) is 0 Å². The molecule has 2 amide bonds. The molecule has 19 nitrogen and oxygen atoms in total. The van der Waals surface area contributed by atoms with E-state index in [-0.39, 0.29) is 16.5 Å². The third-order valence-corrected chi connectivity index (χ3v) is 11.6. The zero-order chi connectivity index (χ0) is 57.3. The van der Waals surface area contributed by atoms with Crippen molar-refractivity contribution in [1.29, 1.82) is 0 Å². The topological polar surface area (TPSA) is 262 Å². The van der Waals surface area contributed by atoms with E-state index in [0.29, 0.717) is 96.1 Å². The molecular formula is C53H36Cl6FN11O8S. The number of morpholine rings is 1. The van der Waals surface area contributed by atoms with Crippen LogP contribution in [0.3, 0.4) is 0 Å². The lowest BCUT2D eigenvalue weighted by molar-refractivity contribution is 0.0696. The summed E-state index contributed by atoms with van der Waals surface area (Å²) >= 11 is 22.0. The van der Waals surface area contributed by atoms with Crippen LogP contribution in [0.5, 0.6) is 0 Å². The van der Waals surface area contributed by atoms with Crippen LogP contribution in [0.4, 0.5) is 26.4 Å². The number of urea groups is 1. The van der Waals surface area contributed by atoms with Crippen molar-refractivity contribution >= 4 is 167 Å². The van der Waals surface area contributed by atoms with Crippen LogP contribution >= 0.6 is 67.8 Å². The van der Waals surface area contributed by atoms with Gasteiger partial charge in [0.2, 0.25) is 9.23 Å². The fourth-order valence-corrected chi connectivity index (χ4v) is 7.68. The number of benzene rings is 6. The van der Waals surface area contributed by atoms with E-state index < -0.39 is 37.5 Å². The molecule has 0 unspecified atom stereocenters. The SMILES string of the molecule is O=C(Cl)c1ccc2nc(Cl)cnc2c1.O=C(Cl)c1ccc2ncc(Cl)nc2c1.O=C(Nc1cccc(F)c1)Nc1cccc(C(=O)c2ccc3ncc(N4CCOCC4)nc3c2)c1.O=C(O)c1ccc2nccnc2c1.O=S(Cl)Cl. The van der Waals surface area contributed by atoms with Crippen LogP contribution in [0.15, 0.2) is 152 Å². The maximum atomic E-state index is 13.3. The summed E-state index contributed by atoms with van der Waals surface area (Å²) in [6.07, 6.45) is 7.72. The zero-order valence-corrected chi connectivity index (χ0v) is 46.0. The fraction of sp³-hybridized carbons (Fsp3) is 0.0755. The van der Waals surface area contributed by atoms with E-state index >= 15 is 0 Å². The first-order chi connectivity index (χ1) is 38.4. The maximum Gasteiger partial charge on any atom is 0.335 e. The summed E-state index contributed by atoms with van der Waals surface area (Å²) in [6, 6.07) is 31.2. The summed E-state index contributed by atoms with van der Waals surface area (Å²) in [6.45, 7) is 2.77. The Bertz CT molecular complexity index is 3960. The minimum atomic E-state index is -1.67. The lowest BCUT2D eigenvalue weighted by Gasteiger charge is -2.27. The summed E-state index contributed by atoms with van der Waals surface area (Å²) in [4.78, 5) is 93.2. The highest BCUT2D eigenvalue weighted by Gasteiger charge is 2.16. The molecule has 0 radical (unpaired) electrons. The number of nitrogens with one attached hydrogen (secondary N) is 2. The first-order valence-electron chi connectivity index (χ1n) is 22.9. The second-order valence-electron chi connectivity index (χ2n) is 16.1. The molecule has 0 atom stereocenters. The molecule has 1 aliphatic heterocycles.